The van der Waals surface area contributed by atoms with Crippen LogP contribution in [0.5, 0.6) is 0 Å². The van der Waals surface area contributed by atoms with Gasteiger partial charge in [-0.1, -0.05) is 53.5 Å². The number of hydrogen-bond donors (Lipinski definition) is 2. The minimum Gasteiger partial charge on any atom is -0.323 e. The Morgan fingerprint density at radius 2 is 1.96 bits per heavy atom. The first-order chi connectivity index (χ1) is 13.0. The normalized spacial score (nSPS) is 15.8. The number of anilines is 2. The van der Waals surface area contributed by atoms with Gasteiger partial charge in [-0.2, -0.15) is 5.10 Å². The van der Waals surface area contributed by atoms with Crippen molar-refractivity contribution in [1.82, 2.24) is 9.78 Å². The topological polar surface area (TPSA) is 76.0 Å². The Bertz CT molecular complexity index is 1030. The first kappa shape index (κ1) is 17.6. The molecule has 0 bridgehead atoms. The quantitative estimate of drug-likeness (QED) is 0.684. The fraction of sp³-hybridized carbons (Fsp3) is 0.105. The molecule has 3 aromatic rings. The third-order valence-corrected chi connectivity index (χ3v) is 4.85. The number of hydrogen-bond acceptors (Lipinski definition) is 3. The number of carbonyl (C=O) groups excluding carboxylic acids is 2. The SMILES string of the molecule is O=C1CC(C(=O)Nc2ccc(Cl)cc2Cl)n2ncc(-c3ccccc3)c2N1. The Morgan fingerprint density at radius 1 is 1.19 bits per heavy atom. The molecular weight excluding hydrogens is 387 g/mol. The summed E-state index contributed by atoms with van der Waals surface area (Å²) in [5.74, 6) is -0.125. The van der Waals surface area contributed by atoms with E-state index in [-0.39, 0.29) is 18.2 Å². The van der Waals surface area contributed by atoms with E-state index in [1.54, 1.807) is 24.4 Å². The van der Waals surface area contributed by atoms with Crippen molar-refractivity contribution in [2.24, 2.45) is 0 Å². The summed E-state index contributed by atoms with van der Waals surface area (Å²) < 4.78 is 1.53. The van der Waals surface area contributed by atoms with Gasteiger partial charge in [0.1, 0.15) is 11.9 Å². The van der Waals surface area contributed by atoms with Crippen LogP contribution in [0.15, 0.2) is 54.7 Å². The predicted molar refractivity (Wildman–Crippen MR) is 105 cm³/mol. The van der Waals surface area contributed by atoms with Gasteiger partial charge in [-0.05, 0) is 23.8 Å². The molecule has 0 saturated carbocycles. The summed E-state index contributed by atoms with van der Waals surface area (Å²) in [6, 6.07) is 13.5. The Hall–Kier alpha value is -2.83. The molecule has 2 amide bonds. The van der Waals surface area contributed by atoms with Crippen LogP contribution < -0.4 is 10.6 Å². The molecule has 1 aliphatic rings. The maximum atomic E-state index is 12.8. The molecule has 136 valence electrons. The summed E-state index contributed by atoms with van der Waals surface area (Å²) in [6.45, 7) is 0. The maximum absolute atomic E-state index is 12.8. The van der Waals surface area contributed by atoms with Gasteiger partial charge in [-0.3, -0.25) is 9.59 Å². The minimum atomic E-state index is -0.780. The molecule has 8 heteroatoms. The van der Waals surface area contributed by atoms with Gasteiger partial charge in [-0.25, -0.2) is 4.68 Å². The summed E-state index contributed by atoms with van der Waals surface area (Å²) >= 11 is 12.0. The van der Waals surface area contributed by atoms with Crippen molar-refractivity contribution in [3.63, 3.8) is 0 Å². The van der Waals surface area contributed by atoms with E-state index in [1.165, 1.54) is 4.68 Å². The number of nitrogens with one attached hydrogen (secondary N) is 2. The minimum absolute atomic E-state index is 0.0139. The highest BCUT2D eigenvalue weighted by Crippen LogP contribution is 2.35. The van der Waals surface area contributed by atoms with E-state index in [4.69, 9.17) is 23.2 Å². The first-order valence-electron chi connectivity index (χ1n) is 8.21. The van der Waals surface area contributed by atoms with E-state index in [9.17, 15) is 9.59 Å². The molecule has 1 atom stereocenters. The number of carbonyl (C=O) groups is 2. The van der Waals surface area contributed by atoms with Crippen LogP contribution in [0.3, 0.4) is 0 Å². The van der Waals surface area contributed by atoms with Gasteiger partial charge in [0, 0.05) is 10.6 Å². The van der Waals surface area contributed by atoms with Crippen molar-refractivity contribution in [3.05, 3.63) is 64.8 Å². The van der Waals surface area contributed by atoms with Crippen molar-refractivity contribution < 1.29 is 9.59 Å². The van der Waals surface area contributed by atoms with Crippen molar-refractivity contribution >= 4 is 46.5 Å². The monoisotopic (exact) mass is 400 g/mol. The summed E-state index contributed by atoms with van der Waals surface area (Å²) in [4.78, 5) is 25.0. The van der Waals surface area contributed by atoms with Crippen LogP contribution in [0.1, 0.15) is 12.5 Å². The second-order valence-corrected chi connectivity index (χ2v) is 6.94. The average molecular weight is 401 g/mol. The van der Waals surface area contributed by atoms with Gasteiger partial charge in [0.2, 0.25) is 11.8 Å². The molecule has 1 unspecified atom stereocenters. The van der Waals surface area contributed by atoms with Gasteiger partial charge in [0.15, 0.2) is 0 Å². The van der Waals surface area contributed by atoms with Crippen molar-refractivity contribution in [1.29, 1.82) is 0 Å². The fourth-order valence-electron chi connectivity index (χ4n) is 3.01. The van der Waals surface area contributed by atoms with Crippen LogP contribution in [-0.4, -0.2) is 21.6 Å². The number of halogens is 2. The van der Waals surface area contributed by atoms with Crippen molar-refractivity contribution in [2.45, 2.75) is 12.5 Å². The van der Waals surface area contributed by atoms with Crippen LogP contribution >= 0.6 is 23.2 Å². The maximum Gasteiger partial charge on any atom is 0.249 e. The molecule has 0 fully saturated rings. The highest BCUT2D eigenvalue weighted by molar-refractivity contribution is 6.36. The number of fused-ring (bicyclic) bond motifs is 1. The zero-order chi connectivity index (χ0) is 19.0. The zero-order valence-corrected chi connectivity index (χ0v) is 15.5. The van der Waals surface area contributed by atoms with Crippen LogP contribution in [0.25, 0.3) is 11.1 Å². The molecular formula is C19H14Cl2N4O2. The molecule has 0 saturated heterocycles. The Morgan fingerprint density at radius 3 is 2.70 bits per heavy atom. The summed E-state index contributed by atoms with van der Waals surface area (Å²) in [5, 5.41) is 10.7. The van der Waals surface area contributed by atoms with Gasteiger partial charge in [0.25, 0.3) is 0 Å². The lowest BCUT2D eigenvalue weighted by atomic mass is 10.1. The molecule has 4 rings (SSSR count). The second kappa shape index (κ2) is 7.06. The summed E-state index contributed by atoms with van der Waals surface area (Å²) in [6.07, 6.45) is 1.63. The average Bonchev–Trinajstić information content (AvgIpc) is 3.07. The predicted octanol–water partition coefficient (Wildman–Crippen LogP) is 4.38. The largest absolute Gasteiger partial charge is 0.323 e. The lowest BCUT2D eigenvalue weighted by Crippen LogP contribution is -2.35. The fourth-order valence-corrected chi connectivity index (χ4v) is 3.46. The molecule has 1 aromatic heterocycles. The highest BCUT2D eigenvalue weighted by Gasteiger charge is 2.33. The third-order valence-electron chi connectivity index (χ3n) is 4.30. The lowest BCUT2D eigenvalue weighted by molar-refractivity contribution is -0.125. The first-order valence-corrected chi connectivity index (χ1v) is 8.97. The number of nitrogens with zero attached hydrogens (tertiary/aromatic N) is 2. The Labute approximate surface area is 165 Å². The third kappa shape index (κ3) is 3.41. The van der Waals surface area contributed by atoms with Crippen molar-refractivity contribution in [3.8, 4) is 11.1 Å². The van der Waals surface area contributed by atoms with Gasteiger partial charge in [0.05, 0.1) is 23.3 Å². The van der Waals surface area contributed by atoms with Crippen LogP contribution in [0.4, 0.5) is 11.5 Å². The van der Waals surface area contributed by atoms with E-state index in [2.05, 4.69) is 15.7 Å². The van der Waals surface area contributed by atoms with E-state index in [0.717, 1.165) is 11.1 Å². The zero-order valence-electron chi connectivity index (χ0n) is 13.9. The number of benzene rings is 2. The molecule has 1 aliphatic heterocycles. The lowest BCUT2D eigenvalue weighted by Gasteiger charge is -2.24. The highest BCUT2D eigenvalue weighted by atomic mass is 35.5. The summed E-state index contributed by atoms with van der Waals surface area (Å²) in [7, 11) is 0. The van der Waals surface area contributed by atoms with Gasteiger partial charge in [-0.15, -0.1) is 0 Å². The summed E-state index contributed by atoms with van der Waals surface area (Å²) in [5.41, 5.74) is 2.08. The molecule has 0 radical (unpaired) electrons. The number of rotatable bonds is 3. The van der Waals surface area contributed by atoms with Gasteiger partial charge < -0.3 is 10.6 Å². The smallest absolute Gasteiger partial charge is 0.249 e. The second-order valence-electron chi connectivity index (χ2n) is 6.10. The van der Waals surface area contributed by atoms with E-state index in [1.807, 2.05) is 30.3 Å². The number of amides is 2. The molecule has 6 nitrogen and oxygen atoms in total. The van der Waals surface area contributed by atoms with Crippen LogP contribution in [0, 0.1) is 0 Å². The van der Waals surface area contributed by atoms with Crippen molar-refractivity contribution in [2.75, 3.05) is 10.6 Å². The van der Waals surface area contributed by atoms with Gasteiger partial charge >= 0.3 is 0 Å². The molecule has 2 aromatic carbocycles. The molecule has 2 heterocycles. The van der Waals surface area contributed by atoms with E-state index >= 15 is 0 Å². The molecule has 27 heavy (non-hydrogen) atoms. The van der Waals surface area contributed by atoms with Crippen LogP contribution in [-0.2, 0) is 9.59 Å². The van der Waals surface area contributed by atoms with Crippen LogP contribution in [0.2, 0.25) is 10.0 Å². The molecule has 0 spiro atoms. The van der Waals surface area contributed by atoms with E-state index < -0.39 is 6.04 Å². The van der Waals surface area contributed by atoms with E-state index in [0.29, 0.717) is 21.6 Å². The Balaban J connectivity index is 1.66. The standard InChI is InChI=1S/C19H14Cl2N4O2/c20-12-6-7-15(14(21)8-12)23-19(27)16-9-17(26)24-18-13(10-22-25(16)18)11-4-2-1-3-5-11/h1-8,10,16H,9H2,(H,23,27)(H,24,26). The molecule has 2 N–H and O–H groups in total. The number of aromatic nitrogens is 2. The molecule has 0 aliphatic carbocycles. The Kier molecular flexibility index (Phi) is 4.59.